The second-order valence-electron chi connectivity index (χ2n) is 14.6. The summed E-state index contributed by atoms with van der Waals surface area (Å²) in [7, 11) is 0. The molecule has 0 aliphatic carbocycles. The number of benzene rings is 9. The average molecular weight is 742 g/mol. The summed E-state index contributed by atoms with van der Waals surface area (Å²) in [5.74, 6) is 2.64. The first-order chi connectivity index (χ1) is 28.7. The molecule has 270 valence electrons. The fourth-order valence-corrected chi connectivity index (χ4v) is 8.50. The van der Waals surface area contributed by atoms with Gasteiger partial charge in [-0.25, -0.2) is 19.9 Å². The van der Waals surface area contributed by atoms with Crippen LogP contribution in [0.25, 0.3) is 117 Å². The van der Waals surface area contributed by atoms with E-state index in [2.05, 4.69) is 144 Å². The first-order valence-corrected chi connectivity index (χ1v) is 19.4. The molecule has 6 nitrogen and oxygen atoms in total. The van der Waals surface area contributed by atoms with Crippen molar-refractivity contribution in [1.29, 1.82) is 0 Å². The maximum Gasteiger partial charge on any atom is 0.164 e. The minimum atomic E-state index is 0.571. The lowest BCUT2D eigenvalue weighted by molar-refractivity contribution is 0.669. The van der Waals surface area contributed by atoms with E-state index in [1.807, 2.05) is 48.5 Å². The zero-order valence-electron chi connectivity index (χ0n) is 31.0. The van der Waals surface area contributed by atoms with Gasteiger partial charge in [-0.15, -0.1) is 0 Å². The Kier molecular flexibility index (Phi) is 7.13. The third kappa shape index (κ3) is 5.12. The molecule has 0 bridgehead atoms. The highest BCUT2D eigenvalue weighted by Crippen LogP contribution is 2.38. The second kappa shape index (κ2) is 12.8. The number of fused-ring (bicyclic) bond motifs is 10. The van der Waals surface area contributed by atoms with Crippen molar-refractivity contribution in [3.05, 3.63) is 188 Å². The highest BCUT2D eigenvalue weighted by atomic mass is 16.3. The predicted molar refractivity (Wildman–Crippen MR) is 236 cm³/mol. The topological polar surface area (TPSA) is 69.6 Å². The lowest BCUT2D eigenvalue weighted by atomic mass is 9.93. The third-order valence-corrected chi connectivity index (χ3v) is 11.3. The van der Waals surface area contributed by atoms with Crippen molar-refractivity contribution in [1.82, 2.24) is 24.5 Å². The molecule has 3 heterocycles. The zero-order chi connectivity index (χ0) is 38.2. The zero-order valence-corrected chi connectivity index (χ0v) is 31.0. The Hall–Kier alpha value is -7.96. The van der Waals surface area contributed by atoms with Gasteiger partial charge in [0.1, 0.15) is 17.0 Å². The molecular weight excluding hydrogens is 711 g/mol. The smallest absolute Gasteiger partial charge is 0.164 e. The van der Waals surface area contributed by atoms with Gasteiger partial charge in [0.2, 0.25) is 0 Å². The third-order valence-electron chi connectivity index (χ3n) is 11.3. The van der Waals surface area contributed by atoms with Crippen molar-refractivity contribution in [2.24, 2.45) is 0 Å². The molecule has 12 aromatic rings. The summed E-state index contributed by atoms with van der Waals surface area (Å²) in [5, 5.41) is 9.37. The van der Waals surface area contributed by atoms with E-state index in [9.17, 15) is 0 Å². The number of nitrogens with zero attached hydrogens (tertiary/aromatic N) is 5. The van der Waals surface area contributed by atoms with Crippen molar-refractivity contribution >= 4 is 65.3 Å². The van der Waals surface area contributed by atoms with Gasteiger partial charge in [0, 0.05) is 38.7 Å². The molecule has 12 rings (SSSR count). The summed E-state index contributed by atoms with van der Waals surface area (Å²) in [6.07, 6.45) is 0. The van der Waals surface area contributed by atoms with E-state index >= 15 is 0 Å². The van der Waals surface area contributed by atoms with Crippen LogP contribution >= 0.6 is 0 Å². The molecule has 3 aromatic heterocycles. The molecule has 0 unspecified atom stereocenters. The summed E-state index contributed by atoms with van der Waals surface area (Å²) < 4.78 is 8.52. The van der Waals surface area contributed by atoms with E-state index in [-0.39, 0.29) is 0 Å². The first-order valence-electron chi connectivity index (χ1n) is 19.4. The van der Waals surface area contributed by atoms with E-state index in [1.165, 1.54) is 26.9 Å². The van der Waals surface area contributed by atoms with Crippen LogP contribution in [0.3, 0.4) is 0 Å². The van der Waals surface area contributed by atoms with Crippen molar-refractivity contribution in [2.75, 3.05) is 0 Å². The van der Waals surface area contributed by atoms with Crippen LogP contribution in [0.4, 0.5) is 0 Å². The van der Waals surface area contributed by atoms with Crippen LogP contribution in [0.15, 0.2) is 192 Å². The van der Waals surface area contributed by atoms with E-state index in [0.717, 1.165) is 72.1 Å². The van der Waals surface area contributed by atoms with Gasteiger partial charge >= 0.3 is 0 Å². The Labute approximate surface area is 332 Å². The van der Waals surface area contributed by atoms with Gasteiger partial charge < -0.3 is 4.42 Å². The molecule has 9 aromatic carbocycles. The van der Waals surface area contributed by atoms with Gasteiger partial charge in [0.15, 0.2) is 17.5 Å². The lowest BCUT2D eigenvalue weighted by Gasteiger charge is -2.13. The highest BCUT2D eigenvalue weighted by molar-refractivity contribution is 6.25. The summed E-state index contributed by atoms with van der Waals surface area (Å²) in [6, 6.07) is 65.1. The molecule has 58 heavy (non-hydrogen) atoms. The fourth-order valence-electron chi connectivity index (χ4n) is 8.50. The number of furan rings is 1. The molecule has 0 amide bonds. The van der Waals surface area contributed by atoms with Crippen molar-refractivity contribution in [3.8, 4) is 51.2 Å². The standard InChI is InChI=1S/C52H31N5O/c1-2-12-33(13-3-1)52-53-45-19-9-10-20-46(45)57(52)36-26-22-32(23-27-36)49-54-50(56-51(55-49)35-25-29-43-42-18-8-11-21-47(42)58-48(43)31-35)34-24-28-41-39-16-5-4-14-37(39)38-15-6-7-17-40(38)44(41)30-34/h1-31H. The van der Waals surface area contributed by atoms with Gasteiger partial charge in [-0.05, 0) is 93.0 Å². The molecule has 0 aliphatic rings. The van der Waals surface area contributed by atoms with Crippen LogP contribution in [-0.2, 0) is 0 Å². The Morgan fingerprint density at radius 3 is 1.53 bits per heavy atom. The monoisotopic (exact) mass is 741 g/mol. The molecule has 0 atom stereocenters. The van der Waals surface area contributed by atoms with Crippen LogP contribution in [0, 0.1) is 0 Å². The quantitative estimate of drug-likeness (QED) is 0.164. The summed E-state index contributed by atoms with van der Waals surface area (Å²) in [4.78, 5) is 20.5. The SMILES string of the molecule is c1ccc(-c2nc3ccccc3n2-c2ccc(-c3nc(-c4ccc5c(c4)oc4ccccc45)nc(-c4ccc5c6ccccc6c6ccccc6c5c4)n3)cc2)cc1. The van der Waals surface area contributed by atoms with Crippen molar-refractivity contribution in [3.63, 3.8) is 0 Å². The molecule has 0 saturated carbocycles. The lowest BCUT2D eigenvalue weighted by Crippen LogP contribution is -2.01. The minimum absolute atomic E-state index is 0.571. The number of hydrogen-bond acceptors (Lipinski definition) is 5. The Morgan fingerprint density at radius 1 is 0.328 bits per heavy atom. The predicted octanol–water partition coefficient (Wildman–Crippen LogP) is 13.2. The molecule has 0 radical (unpaired) electrons. The van der Waals surface area contributed by atoms with Crippen molar-refractivity contribution in [2.45, 2.75) is 0 Å². The molecule has 0 N–H and O–H groups in total. The fraction of sp³-hybridized carbons (Fsp3) is 0. The van der Waals surface area contributed by atoms with E-state index in [0.29, 0.717) is 17.5 Å². The number of imidazole rings is 1. The van der Waals surface area contributed by atoms with Crippen molar-refractivity contribution < 1.29 is 4.42 Å². The maximum absolute atomic E-state index is 6.31. The second-order valence-corrected chi connectivity index (χ2v) is 14.6. The number of aromatic nitrogens is 5. The number of para-hydroxylation sites is 3. The van der Waals surface area contributed by atoms with Gasteiger partial charge in [0.05, 0.1) is 11.0 Å². The van der Waals surface area contributed by atoms with Gasteiger partial charge in [0.25, 0.3) is 0 Å². The van der Waals surface area contributed by atoms with E-state index in [1.54, 1.807) is 0 Å². The van der Waals surface area contributed by atoms with Crippen LogP contribution in [0.2, 0.25) is 0 Å². The largest absolute Gasteiger partial charge is 0.456 e. The highest BCUT2D eigenvalue weighted by Gasteiger charge is 2.18. The Morgan fingerprint density at radius 2 is 0.828 bits per heavy atom. The summed E-state index contributed by atoms with van der Waals surface area (Å²) >= 11 is 0. The molecule has 0 aliphatic heterocycles. The van der Waals surface area contributed by atoms with Gasteiger partial charge in [-0.2, -0.15) is 0 Å². The molecule has 6 heteroatoms. The first kappa shape index (κ1) is 32.3. The van der Waals surface area contributed by atoms with Gasteiger partial charge in [-0.1, -0.05) is 127 Å². The van der Waals surface area contributed by atoms with Crippen LogP contribution in [0.1, 0.15) is 0 Å². The van der Waals surface area contributed by atoms with Crippen LogP contribution in [-0.4, -0.2) is 24.5 Å². The number of hydrogen-bond donors (Lipinski definition) is 0. The normalized spacial score (nSPS) is 11.8. The number of rotatable bonds is 5. The van der Waals surface area contributed by atoms with Crippen LogP contribution in [0.5, 0.6) is 0 Å². The Balaban J connectivity index is 1.04. The Bertz CT molecular complexity index is 3530. The summed E-state index contributed by atoms with van der Waals surface area (Å²) in [5.41, 5.74) is 8.30. The van der Waals surface area contributed by atoms with Crippen LogP contribution < -0.4 is 0 Å². The maximum atomic E-state index is 6.31. The molecule has 0 spiro atoms. The molecule has 0 fully saturated rings. The van der Waals surface area contributed by atoms with E-state index < -0.39 is 0 Å². The van der Waals surface area contributed by atoms with E-state index in [4.69, 9.17) is 24.4 Å². The minimum Gasteiger partial charge on any atom is -0.456 e. The molecular formula is C52H31N5O. The van der Waals surface area contributed by atoms with Gasteiger partial charge in [-0.3, -0.25) is 4.57 Å². The average Bonchev–Trinajstić information content (AvgIpc) is 3.88. The summed E-state index contributed by atoms with van der Waals surface area (Å²) in [6.45, 7) is 0. The molecule has 0 saturated heterocycles.